The molecule has 0 saturated carbocycles. The van der Waals surface area contributed by atoms with Gasteiger partial charge in [-0.1, -0.05) is 17.7 Å². The fourth-order valence-corrected chi connectivity index (χ4v) is 3.17. The zero-order valence-electron chi connectivity index (χ0n) is 12.0. The van der Waals surface area contributed by atoms with Crippen molar-refractivity contribution in [2.75, 3.05) is 24.5 Å². The van der Waals surface area contributed by atoms with Crippen molar-refractivity contribution >= 4 is 23.2 Å². The van der Waals surface area contributed by atoms with Crippen LogP contribution in [0.3, 0.4) is 0 Å². The van der Waals surface area contributed by atoms with Crippen LogP contribution in [-0.2, 0) is 4.79 Å². The van der Waals surface area contributed by atoms with Crippen LogP contribution in [0.15, 0.2) is 24.3 Å². The Kier molecular flexibility index (Phi) is 4.23. The number of carbonyl (C=O) groups is 1. The highest BCUT2D eigenvalue weighted by Gasteiger charge is 2.42. The number of carbonyl (C=O) groups excluding carboxylic acids is 1. The summed E-state index contributed by atoms with van der Waals surface area (Å²) in [5, 5.41) is 6.11. The third kappa shape index (κ3) is 3.50. The van der Waals surface area contributed by atoms with E-state index in [1.54, 1.807) is 0 Å². The van der Waals surface area contributed by atoms with Crippen LogP contribution in [0.25, 0.3) is 0 Å². The average Bonchev–Trinajstić information content (AvgIpc) is 3.05. The Bertz CT molecular complexity index is 569. The molecule has 3 rings (SSSR count). The maximum atomic E-state index is 13.1. The van der Waals surface area contributed by atoms with E-state index in [1.807, 2.05) is 24.3 Å². The third-order valence-corrected chi connectivity index (χ3v) is 4.37. The molecule has 1 amide bonds. The summed E-state index contributed by atoms with van der Waals surface area (Å²) in [6.07, 6.45) is 0.366. The number of hydrogen-bond acceptors (Lipinski definition) is 3. The number of amides is 1. The number of rotatable bonds is 3. The van der Waals surface area contributed by atoms with Gasteiger partial charge in [0, 0.05) is 36.3 Å². The van der Waals surface area contributed by atoms with Gasteiger partial charge in [0.05, 0.1) is 12.6 Å². The van der Waals surface area contributed by atoms with Gasteiger partial charge in [0.1, 0.15) is 0 Å². The molecule has 1 aromatic carbocycles. The molecule has 7 heteroatoms. The molecule has 0 spiro atoms. The summed E-state index contributed by atoms with van der Waals surface area (Å²) >= 11 is 5.98. The van der Waals surface area contributed by atoms with Crippen molar-refractivity contribution < 1.29 is 13.6 Å². The van der Waals surface area contributed by atoms with Gasteiger partial charge in [-0.2, -0.15) is 0 Å². The standard InChI is InChI=1S/C15H18ClF2N3O/c16-10-2-1-3-12(6-10)21-5-4-11(8-21)20-14(22)13-7-15(17,18)9-19-13/h1-3,6,11,13,19H,4-5,7-9H2,(H,20,22). The third-order valence-electron chi connectivity index (χ3n) is 4.13. The fourth-order valence-electron chi connectivity index (χ4n) is 2.99. The molecule has 2 heterocycles. The number of anilines is 1. The van der Waals surface area contributed by atoms with Gasteiger partial charge in [0.2, 0.25) is 5.91 Å². The molecule has 2 aliphatic heterocycles. The second kappa shape index (κ2) is 6.01. The van der Waals surface area contributed by atoms with Crippen molar-refractivity contribution in [2.24, 2.45) is 0 Å². The topological polar surface area (TPSA) is 44.4 Å². The first-order chi connectivity index (χ1) is 10.4. The quantitative estimate of drug-likeness (QED) is 0.892. The van der Waals surface area contributed by atoms with Gasteiger partial charge in [-0.05, 0) is 24.6 Å². The zero-order valence-corrected chi connectivity index (χ0v) is 12.7. The summed E-state index contributed by atoms with van der Waals surface area (Å²) in [5.74, 6) is -3.13. The Morgan fingerprint density at radius 2 is 2.27 bits per heavy atom. The monoisotopic (exact) mass is 329 g/mol. The van der Waals surface area contributed by atoms with Gasteiger partial charge >= 0.3 is 0 Å². The first-order valence-electron chi connectivity index (χ1n) is 7.35. The van der Waals surface area contributed by atoms with E-state index >= 15 is 0 Å². The summed E-state index contributed by atoms with van der Waals surface area (Å²) in [4.78, 5) is 14.2. The molecule has 2 fully saturated rings. The van der Waals surface area contributed by atoms with Gasteiger partial charge in [-0.25, -0.2) is 8.78 Å². The smallest absolute Gasteiger partial charge is 0.262 e. The predicted molar refractivity (Wildman–Crippen MR) is 81.6 cm³/mol. The van der Waals surface area contributed by atoms with E-state index in [1.165, 1.54) is 0 Å². The minimum absolute atomic E-state index is 0.0255. The largest absolute Gasteiger partial charge is 0.369 e. The van der Waals surface area contributed by atoms with Crippen molar-refractivity contribution in [2.45, 2.75) is 30.8 Å². The zero-order chi connectivity index (χ0) is 15.7. The molecule has 0 aliphatic carbocycles. The van der Waals surface area contributed by atoms with Crippen LogP contribution in [0, 0.1) is 0 Å². The van der Waals surface area contributed by atoms with Crippen molar-refractivity contribution in [1.29, 1.82) is 0 Å². The molecule has 2 saturated heterocycles. The van der Waals surface area contributed by atoms with Gasteiger partial charge in [0.15, 0.2) is 0 Å². The van der Waals surface area contributed by atoms with Crippen molar-refractivity contribution in [3.63, 3.8) is 0 Å². The maximum Gasteiger partial charge on any atom is 0.262 e. The predicted octanol–water partition coefficient (Wildman–Crippen LogP) is 2.03. The molecule has 0 aromatic heterocycles. The lowest BCUT2D eigenvalue weighted by Crippen LogP contribution is -2.46. The first kappa shape index (κ1) is 15.5. The Hall–Kier alpha value is -1.40. The number of nitrogens with one attached hydrogen (secondary N) is 2. The summed E-state index contributed by atoms with van der Waals surface area (Å²) in [6.45, 7) is 1.04. The Balaban J connectivity index is 1.54. The molecule has 22 heavy (non-hydrogen) atoms. The molecule has 0 radical (unpaired) electrons. The molecule has 2 unspecified atom stereocenters. The van der Waals surface area contributed by atoms with Crippen molar-refractivity contribution in [3.05, 3.63) is 29.3 Å². The SMILES string of the molecule is O=C(NC1CCN(c2cccc(Cl)c2)C1)C1CC(F)(F)CN1. The van der Waals surface area contributed by atoms with E-state index in [4.69, 9.17) is 11.6 Å². The summed E-state index contributed by atoms with van der Waals surface area (Å²) in [5.41, 5.74) is 1.01. The average molecular weight is 330 g/mol. The van der Waals surface area contributed by atoms with Crippen LogP contribution in [-0.4, -0.2) is 43.5 Å². The normalized spacial score (nSPS) is 27.1. The van der Waals surface area contributed by atoms with E-state index in [0.717, 1.165) is 18.7 Å². The number of alkyl halides is 2. The summed E-state index contributed by atoms with van der Waals surface area (Å²) in [6, 6.07) is 6.72. The number of benzene rings is 1. The van der Waals surface area contributed by atoms with Crippen LogP contribution in [0.4, 0.5) is 14.5 Å². The first-order valence-corrected chi connectivity index (χ1v) is 7.73. The van der Waals surface area contributed by atoms with Gasteiger partial charge in [-0.15, -0.1) is 0 Å². The molecule has 0 bridgehead atoms. The van der Waals surface area contributed by atoms with Crippen LogP contribution >= 0.6 is 11.6 Å². The molecule has 120 valence electrons. The highest BCUT2D eigenvalue weighted by Crippen LogP contribution is 2.26. The minimum Gasteiger partial charge on any atom is -0.369 e. The lowest BCUT2D eigenvalue weighted by atomic mass is 10.1. The Morgan fingerprint density at radius 3 is 2.95 bits per heavy atom. The van der Waals surface area contributed by atoms with Crippen LogP contribution in [0.2, 0.25) is 5.02 Å². The van der Waals surface area contributed by atoms with Crippen LogP contribution < -0.4 is 15.5 Å². The lowest BCUT2D eigenvalue weighted by molar-refractivity contribution is -0.124. The second-order valence-electron chi connectivity index (χ2n) is 5.91. The van der Waals surface area contributed by atoms with Crippen LogP contribution in [0.5, 0.6) is 0 Å². The van der Waals surface area contributed by atoms with E-state index in [9.17, 15) is 13.6 Å². The Morgan fingerprint density at radius 1 is 1.45 bits per heavy atom. The molecular formula is C15H18ClF2N3O. The molecule has 2 atom stereocenters. The second-order valence-corrected chi connectivity index (χ2v) is 6.35. The van der Waals surface area contributed by atoms with E-state index in [-0.39, 0.29) is 11.9 Å². The molecule has 4 nitrogen and oxygen atoms in total. The molecule has 2 aliphatic rings. The van der Waals surface area contributed by atoms with E-state index in [0.29, 0.717) is 11.6 Å². The van der Waals surface area contributed by atoms with Crippen molar-refractivity contribution in [1.82, 2.24) is 10.6 Å². The molecule has 1 aromatic rings. The lowest BCUT2D eigenvalue weighted by Gasteiger charge is -2.20. The number of hydrogen-bond donors (Lipinski definition) is 2. The van der Waals surface area contributed by atoms with Gasteiger partial charge < -0.3 is 10.2 Å². The summed E-state index contributed by atoms with van der Waals surface area (Å²) < 4.78 is 26.3. The number of nitrogens with zero attached hydrogens (tertiary/aromatic N) is 1. The van der Waals surface area contributed by atoms with Crippen molar-refractivity contribution in [3.8, 4) is 0 Å². The fraction of sp³-hybridized carbons (Fsp3) is 0.533. The van der Waals surface area contributed by atoms with E-state index < -0.39 is 24.9 Å². The summed E-state index contributed by atoms with van der Waals surface area (Å²) in [7, 11) is 0. The van der Waals surface area contributed by atoms with E-state index in [2.05, 4.69) is 15.5 Å². The number of halogens is 3. The highest BCUT2D eigenvalue weighted by molar-refractivity contribution is 6.30. The Labute approximate surface area is 132 Å². The maximum absolute atomic E-state index is 13.1. The molecule has 2 N–H and O–H groups in total. The van der Waals surface area contributed by atoms with Gasteiger partial charge in [-0.3, -0.25) is 10.1 Å². The van der Waals surface area contributed by atoms with Crippen LogP contribution in [0.1, 0.15) is 12.8 Å². The van der Waals surface area contributed by atoms with Gasteiger partial charge in [0.25, 0.3) is 5.92 Å². The highest BCUT2D eigenvalue weighted by atomic mass is 35.5. The molecular weight excluding hydrogens is 312 g/mol. The minimum atomic E-state index is -2.79.